The van der Waals surface area contributed by atoms with Gasteiger partial charge in [0.25, 0.3) is 0 Å². The molecule has 2 aromatic carbocycles. The fourth-order valence-electron chi connectivity index (χ4n) is 3.19. The summed E-state index contributed by atoms with van der Waals surface area (Å²) in [5.74, 6) is 3.22. The summed E-state index contributed by atoms with van der Waals surface area (Å²) in [5.41, 5.74) is 4.73. The van der Waals surface area contributed by atoms with E-state index in [4.69, 9.17) is 6.42 Å². The van der Waals surface area contributed by atoms with Gasteiger partial charge in [-0.3, -0.25) is 4.98 Å². The van der Waals surface area contributed by atoms with Crippen molar-refractivity contribution in [1.82, 2.24) is 15.0 Å². The van der Waals surface area contributed by atoms with Crippen LogP contribution in [0.5, 0.6) is 0 Å². The van der Waals surface area contributed by atoms with Crippen molar-refractivity contribution in [3.8, 4) is 23.5 Å². The third-order valence-electron chi connectivity index (χ3n) is 4.48. The third kappa shape index (κ3) is 4.45. The first-order valence-corrected chi connectivity index (χ1v) is 11.2. The number of anilines is 2. The Balaban J connectivity index is 1.75. The van der Waals surface area contributed by atoms with Crippen LogP contribution in [-0.2, 0) is 15.6 Å². The molecule has 0 radical (unpaired) electrons. The average Bonchev–Trinajstić information content (AvgIpc) is 2.73. The van der Waals surface area contributed by atoms with Crippen LogP contribution in [0.25, 0.3) is 22.0 Å². The van der Waals surface area contributed by atoms with Crippen molar-refractivity contribution in [1.29, 1.82) is 0 Å². The maximum Gasteiger partial charge on any atom is 0.151 e. The SMILES string of the molecule is C#Cc1cccc(Nc2ncnc3ccc(-c4cncc(CS(C)(=O)=O)c4)cc23)c1. The molecular weight excluding hydrogens is 396 g/mol. The number of nitrogens with zero attached hydrogens (tertiary/aromatic N) is 3. The number of hydrogen-bond donors (Lipinski definition) is 1. The fraction of sp³-hybridized carbons (Fsp3) is 0.0870. The molecule has 0 saturated carbocycles. The zero-order chi connectivity index (χ0) is 21.1. The quantitative estimate of drug-likeness (QED) is 0.498. The number of pyridine rings is 1. The monoisotopic (exact) mass is 414 g/mol. The van der Waals surface area contributed by atoms with E-state index in [0.717, 1.165) is 33.3 Å². The van der Waals surface area contributed by atoms with Crippen molar-refractivity contribution in [3.05, 3.63) is 78.4 Å². The van der Waals surface area contributed by atoms with Crippen LogP contribution in [0.1, 0.15) is 11.1 Å². The van der Waals surface area contributed by atoms with Gasteiger partial charge in [0.1, 0.15) is 12.1 Å². The van der Waals surface area contributed by atoms with Crippen LogP contribution < -0.4 is 5.32 Å². The van der Waals surface area contributed by atoms with Crippen molar-refractivity contribution in [3.63, 3.8) is 0 Å². The van der Waals surface area contributed by atoms with Crippen molar-refractivity contribution in [2.75, 3.05) is 11.6 Å². The van der Waals surface area contributed by atoms with Crippen LogP contribution in [0.3, 0.4) is 0 Å². The average molecular weight is 414 g/mol. The van der Waals surface area contributed by atoms with Gasteiger partial charge in [0.2, 0.25) is 0 Å². The van der Waals surface area contributed by atoms with Crippen LogP contribution >= 0.6 is 0 Å². The molecule has 0 amide bonds. The number of fused-ring (bicyclic) bond motifs is 1. The first kappa shape index (κ1) is 19.6. The summed E-state index contributed by atoms with van der Waals surface area (Å²) in [4.78, 5) is 12.9. The number of hydrogen-bond acceptors (Lipinski definition) is 6. The minimum absolute atomic E-state index is 0.0527. The van der Waals surface area contributed by atoms with E-state index < -0.39 is 9.84 Å². The molecule has 30 heavy (non-hydrogen) atoms. The summed E-state index contributed by atoms with van der Waals surface area (Å²) in [7, 11) is -3.14. The van der Waals surface area contributed by atoms with Gasteiger partial charge < -0.3 is 5.32 Å². The second-order valence-corrected chi connectivity index (χ2v) is 9.10. The number of nitrogens with one attached hydrogen (secondary N) is 1. The van der Waals surface area contributed by atoms with Gasteiger partial charge in [0, 0.05) is 40.8 Å². The number of sulfone groups is 1. The van der Waals surface area contributed by atoms with Crippen molar-refractivity contribution in [2.24, 2.45) is 0 Å². The molecule has 0 aliphatic carbocycles. The second kappa shape index (κ2) is 7.93. The van der Waals surface area contributed by atoms with Crippen LogP contribution in [0, 0.1) is 12.3 Å². The van der Waals surface area contributed by atoms with E-state index in [1.807, 2.05) is 48.5 Å². The Kier molecular flexibility index (Phi) is 5.17. The molecule has 0 unspecified atom stereocenters. The summed E-state index contributed by atoms with van der Waals surface area (Å²) >= 11 is 0. The molecule has 7 heteroatoms. The first-order chi connectivity index (χ1) is 14.4. The van der Waals surface area contributed by atoms with Crippen molar-refractivity contribution < 1.29 is 8.42 Å². The van der Waals surface area contributed by atoms with E-state index in [0.29, 0.717) is 11.4 Å². The van der Waals surface area contributed by atoms with Gasteiger partial charge in [0.05, 0.1) is 11.3 Å². The Hall–Kier alpha value is -3.76. The molecule has 0 aliphatic rings. The standard InChI is InChI=1S/C23H18N4O2S/c1-3-16-5-4-6-20(10-16)27-23-21-11-18(7-8-22(21)25-15-26-23)19-9-17(12-24-13-19)14-30(2,28)29/h1,4-13,15H,14H2,2H3,(H,25,26,27). The van der Waals surface area contributed by atoms with E-state index in [-0.39, 0.29) is 5.75 Å². The van der Waals surface area contributed by atoms with Gasteiger partial charge in [-0.05, 0) is 47.5 Å². The lowest BCUT2D eigenvalue weighted by Crippen LogP contribution is -2.01. The van der Waals surface area contributed by atoms with Crippen LogP contribution in [0.4, 0.5) is 11.5 Å². The highest BCUT2D eigenvalue weighted by Gasteiger charge is 2.10. The van der Waals surface area contributed by atoms with Gasteiger partial charge in [-0.2, -0.15) is 0 Å². The van der Waals surface area contributed by atoms with E-state index in [1.165, 1.54) is 12.6 Å². The smallest absolute Gasteiger partial charge is 0.151 e. The van der Waals surface area contributed by atoms with Crippen LogP contribution in [-0.4, -0.2) is 29.6 Å². The summed E-state index contributed by atoms with van der Waals surface area (Å²) in [6, 6.07) is 15.2. The predicted molar refractivity (Wildman–Crippen MR) is 119 cm³/mol. The number of terminal acetylenes is 1. The van der Waals surface area contributed by atoms with Gasteiger partial charge >= 0.3 is 0 Å². The zero-order valence-corrected chi connectivity index (χ0v) is 17.0. The van der Waals surface area contributed by atoms with E-state index >= 15 is 0 Å². The van der Waals surface area contributed by atoms with Crippen LogP contribution in [0.15, 0.2) is 67.3 Å². The topological polar surface area (TPSA) is 84.8 Å². The Morgan fingerprint density at radius 2 is 1.90 bits per heavy atom. The van der Waals surface area contributed by atoms with Gasteiger partial charge in [-0.25, -0.2) is 18.4 Å². The summed E-state index contributed by atoms with van der Waals surface area (Å²) in [6.45, 7) is 0. The highest BCUT2D eigenvalue weighted by Crippen LogP contribution is 2.29. The Bertz CT molecular complexity index is 1390. The highest BCUT2D eigenvalue weighted by molar-refractivity contribution is 7.89. The summed E-state index contributed by atoms with van der Waals surface area (Å²) in [5, 5.41) is 4.13. The van der Waals surface area contributed by atoms with E-state index in [9.17, 15) is 8.42 Å². The molecular formula is C23H18N4O2S. The number of benzene rings is 2. The highest BCUT2D eigenvalue weighted by atomic mass is 32.2. The lowest BCUT2D eigenvalue weighted by Gasteiger charge is -2.10. The first-order valence-electron chi connectivity index (χ1n) is 9.12. The fourth-order valence-corrected chi connectivity index (χ4v) is 3.95. The number of aromatic nitrogens is 3. The maximum absolute atomic E-state index is 11.6. The molecule has 4 rings (SSSR count). The van der Waals surface area contributed by atoms with Gasteiger partial charge in [-0.15, -0.1) is 6.42 Å². The third-order valence-corrected chi connectivity index (χ3v) is 5.34. The molecule has 2 heterocycles. The molecule has 0 bridgehead atoms. The molecule has 0 spiro atoms. The molecule has 0 aliphatic heterocycles. The minimum atomic E-state index is -3.14. The van der Waals surface area contributed by atoms with E-state index in [1.54, 1.807) is 12.4 Å². The lowest BCUT2D eigenvalue weighted by atomic mass is 10.0. The molecule has 4 aromatic rings. The molecule has 148 valence electrons. The second-order valence-electron chi connectivity index (χ2n) is 6.96. The van der Waals surface area contributed by atoms with Crippen molar-refractivity contribution >= 4 is 32.2 Å². The Labute approximate surface area is 175 Å². The van der Waals surface area contributed by atoms with Crippen LogP contribution in [0.2, 0.25) is 0 Å². The molecule has 0 saturated heterocycles. The summed E-state index contributed by atoms with van der Waals surface area (Å²) in [6.07, 6.45) is 11.5. The number of rotatable bonds is 5. The predicted octanol–water partition coefficient (Wildman–Crippen LogP) is 3.96. The molecule has 0 fully saturated rings. The molecule has 0 atom stereocenters. The molecule has 2 aromatic heterocycles. The summed E-state index contributed by atoms with van der Waals surface area (Å²) < 4.78 is 23.2. The minimum Gasteiger partial charge on any atom is -0.340 e. The van der Waals surface area contributed by atoms with Gasteiger partial charge in [0.15, 0.2) is 9.84 Å². The lowest BCUT2D eigenvalue weighted by molar-refractivity contribution is 0.601. The van der Waals surface area contributed by atoms with Crippen molar-refractivity contribution in [2.45, 2.75) is 5.75 Å². The largest absolute Gasteiger partial charge is 0.340 e. The van der Waals surface area contributed by atoms with E-state index in [2.05, 4.69) is 26.2 Å². The molecule has 6 nitrogen and oxygen atoms in total. The Morgan fingerprint density at radius 3 is 2.70 bits per heavy atom. The maximum atomic E-state index is 11.6. The normalized spacial score (nSPS) is 11.2. The zero-order valence-electron chi connectivity index (χ0n) is 16.2. The molecule has 1 N–H and O–H groups in total. The Morgan fingerprint density at radius 1 is 1.03 bits per heavy atom. The van der Waals surface area contributed by atoms with Gasteiger partial charge in [-0.1, -0.05) is 18.1 Å².